The van der Waals surface area contributed by atoms with E-state index in [0.717, 1.165) is 9.75 Å². The number of hydrogen-bond donors (Lipinski definition) is 0. The second-order valence-corrected chi connectivity index (χ2v) is 9.52. The smallest absolute Gasteiger partial charge is 0.243 e. The maximum absolute atomic E-state index is 13.2. The van der Waals surface area contributed by atoms with E-state index in [0.29, 0.717) is 18.7 Å². The molecule has 0 spiro atoms. The van der Waals surface area contributed by atoms with Crippen molar-refractivity contribution in [3.8, 4) is 0 Å². The Bertz CT molecular complexity index is 909. The lowest BCUT2D eigenvalue weighted by atomic mass is 10.2. The van der Waals surface area contributed by atoms with Gasteiger partial charge in [0.2, 0.25) is 10.0 Å². The molecule has 3 aromatic rings. The van der Waals surface area contributed by atoms with E-state index in [4.69, 9.17) is 0 Å². The zero-order chi connectivity index (χ0) is 17.9. The summed E-state index contributed by atoms with van der Waals surface area (Å²) in [4.78, 5) is 13.7. The third-order valence-electron chi connectivity index (χ3n) is 3.70. The van der Waals surface area contributed by atoms with Gasteiger partial charge >= 0.3 is 0 Å². The SMILES string of the molecule is CC(=O)c1cccc(S(=O)(=O)N(Cc2cccs2)Cc2cccs2)c1. The van der Waals surface area contributed by atoms with Crippen LogP contribution in [0.3, 0.4) is 0 Å². The molecule has 25 heavy (non-hydrogen) atoms. The van der Waals surface area contributed by atoms with Gasteiger partial charge in [-0.15, -0.1) is 22.7 Å². The molecule has 7 heteroatoms. The Kier molecular flexibility index (Phi) is 5.48. The Morgan fingerprint density at radius 2 is 1.56 bits per heavy atom. The maximum atomic E-state index is 13.2. The Hall–Kier alpha value is -1.80. The number of sulfonamides is 1. The summed E-state index contributed by atoms with van der Waals surface area (Å²) in [6.45, 7) is 2.05. The van der Waals surface area contributed by atoms with Crippen LogP contribution in [0.25, 0.3) is 0 Å². The normalized spacial score (nSPS) is 11.8. The topological polar surface area (TPSA) is 54.5 Å². The third kappa shape index (κ3) is 4.24. The zero-order valence-electron chi connectivity index (χ0n) is 13.6. The van der Waals surface area contributed by atoms with Gasteiger partial charge in [-0.25, -0.2) is 8.42 Å². The molecule has 0 fully saturated rings. The molecule has 0 aliphatic heterocycles. The average Bonchev–Trinajstić information content (AvgIpc) is 3.28. The molecule has 130 valence electrons. The minimum Gasteiger partial charge on any atom is -0.295 e. The molecule has 0 atom stereocenters. The number of nitrogens with zero attached hydrogens (tertiary/aromatic N) is 1. The first-order valence-electron chi connectivity index (χ1n) is 7.63. The van der Waals surface area contributed by atoms with Gasteiger partial charge in [0, 0.05) is 28.4 Å². The van der Waals surface area contributed by atoms with Crippen LogP contribution in [0, 0.1) is 0 Å². The van der Waals surface area contributed by atoms with Crippen LogP contribution in [0.15, 0.2) is 64.2 Å². The molecular formula is C18H17NO3S3. The number of thiophene rings is 2. The fourth-order valence-corrected chi connectivity index (χ4v) is 5.45. The molecule has 0 N–H and O–H groups in total. The molecule has 0 aliphatic carbocycles. The predicted octanol–water partition coefficient (Wildman–Crippen LogP) is 4.40. The third-order valence-corrected chi connectivity index (χ3v) is 7.21. The Morgan fingerprint density at radius 3 is 2.04 bits per heavy atom. The van der Waals surface area contributed by atoms with Crippen molar-refractivity contribution in [1.29, 1.82) is 0 Å². The Morgan fingerprint density at radius 1 is 0.960 bits per heavy atom. The highest BCUT2D eigenvalue weighted by atomic mass is 32.2. The quantitative estimate of drug-likeness (QED) is 0.561. The van der Waals surface area contributed by atoms with Gasteiger partial charge in [0.25, 0.3) is 0 Å². The van der Waals surface area contributed by atoms with E-state index in [1.807, 2.05) is 35.0 Å². The molecule has 0 bridgehead atoms. The molecular weight excluding hydrogens is 374 g/mol. The predicted molar refractivity (Wildman–Crippen MR) is 102 cm³/mol. The Labute approximate surface area is 155 Å². The van der Waals surface area contributed by atoms with E-state index in [-0.39, 0.29) is 10.7 Å². The summed E-state index contributed by atoms with van der Waals surface area (Å²) in [7, 11) is -3.71. The van der Waals surface area contributed by atoms with Crippen LogP contribution >= 0.6 is 22.7 Å². The van der Waals surface area contributed by atoms with Crippen LogP contribution in [0.1, 0.15) is 27.0 Å². The van der Waals surface area contributed by atoms with E-state index < -0.39 is 10.0 Å². The minimum absolute atomic E-state index is 0.147. The minimum atomic E-state index is -3.71. The lowest BCUT2D eigenvalue weighted by molar-refractivity contribution is 0.101. The van der Waals surface area contributed by atoms with Gasteiger partial charge in [0.05, 0.1) is 4.90 Å². The fourth-order valence-electron chi connectivity index (χ4n) is 2.40. The van der Waals surface area contributed by atoms with E-state index >= 15 is 0 Å². The molecule has 0 amide bonds. The summed E-state index contributed by atoms with van der Waals surface area (Å²) in [6, 6.07) is 13.9. The fraction of sp³-hybridized carbons (Fsp3) is 0.167. The number of ketones is 1. The van der Waals surface area contributed by atoms with Gasteiger partial charge in [-0.3, -0.25) is 4.79 Å². The van der Waals surface area contributed by atoms with Crippen LogP contribution in [0.5, 0.6) is 0 Å². The van der Waals surface area contributed by atoms with Crippen molar-refractivity contribution in [2.24, 2.45) is 0 Å². The first-order valence-corrected chi connectivity index (χ1v) is 10.8. The number of Topliss-reactive ketones (excluding diaryl/α,β-unsaturated/α-hetero) is 1. The first kappa shape index (κ1) is 18.0. The summed E-state index contributed by atoms with van der Waals surface area (Å²) in [6.07, 6.45) is 0. The van der Waals surface area contributed by atoms with E-state index in [9.17, 15) is 13.2 Å². The van der Waals surface area contributed by atoms with E-state index in [1.165, 1.54) is 46.0 Å². The molecule has 2 heterocycles. The van der Waals surface area contributed by atoms with Crippen molar-refractivity contribution in [3.63, 3.8) is 0 Å². The lowest BCUT2D eigenvalue weighted by Gasteiger charge is -2.21. The van der Waals surface area contributed by atoms with E-state index in [2.05, 4.69) is 0 Å². The Balaban J connectivity index is 1.97. The highest BCUT2D eigenvalue weighted by Crippen LogP contribution is 2.25. The van der Waals surface area contributed by atoms with Crippen LogP contribution < -0.4 is 0 Å². The van der Waals surface area contributed by atoms with Gasteiger partial charge in [-0.05, 0) is 41.9 Å². The van der Waals surface area contributed by atoms with Crippen molar-refractivity contribution in [3.05, 3.63) is 74.6 Å². The molecule has 0 saturated carbocycles. The maximum Gasteiger partial charge on any atom is 0.243 e. The number of rotatable bonds is 7. The van der Waals surface area contributed by atoms with Gasteiger partial charge < -0.3 is 0 Å². The lowest BCUT2D eigenvalue weighted by Crippen LogP contribution is -2.29. The van der Waals surface area contributed by atoms with E-state index in [1.54, 1.807) is 12.1 Å². The summed E-state index contributed by atoms with van der Waals surface area (Å²) in [5, 5.41) is 3.86. The second kappa shape index (κ2) is 7.61. The van der Waals surface area contributed by atoms with Gasteiger partial charge in [0.1, 0.15) is 0 Å². The molecule has 0 unspecified atom stereocenters. The summed E-state index contributed by atoms with van der Waals surface area (Å²) in [5.74, 6) is -0.153. The van der Waals surface area contributed by atoms with Gasteiger partial charge in [-0.2, -0.15) is 4.31 Å². The van der Waals surface area contributed by atoms with Crippen molar-refractivity contribution in [2.45, 2.75) is 24.9 Å². The van der Waals surface area contributed by atoms with Gasteiger partial charge in [-0.1, -0.05) is 24.3 Å². The first-order chi connectivity index (χ1) is 12.0. The van der Waals surface area contributed by atoms with Crippen LogP contribution in [0.2, 0.25) is 0 Å². The number of benzene rings is 1. The molecule has 4 nitrogen and oxygen atoms in total. The number of hydrogen-bond acceptors (Lipinski definition) is 5. The number of carbonyl (C=O) groups excluding carboxylic acids is 1. The molecule has 3 rings (SSSR count). The summed E-state index contributed by atoms with van der Waals surface area (Å²) >= 11 is 3.05. The molecule has 0 saturated heterocycles. The average molecular weight is 392 g/mol. The van der Waals surface area contributed by atoms with Crippen LogP contribution in [-0.2, 0) is 23.1 Å². The highest BCUT2D eigenvalue weighted by Gasteiger charge is 2.26. The largest absolute Gasteiger partial charge is 0.295 e. The van der Waals surface area contributed by atoms with Crippen molar-refractivity contribution < 1.29 is 13.2 Å². The van der Waals surface area contributed by atoms with Crippen LogP contribution in [-0.4, -0.2) is 18.5 Å². The molecule has 0 aliphatic rings. The number of carbonyl (C=O) groups is 1. The van der Waals surface area contributed by atoms with Crippen LogP contribution in [0.4, 0.5) is 0 Å². The monoisotopic (exact) mass is 391 g/mol. The van der Waals surface area contributed by atoms with Crippen molar-refractivity contribution >= 4 is 38.5 Å². The summed E-state index contributed by atoms with van der Waals surface area (Å²) < 4.78 is 27.8. The van der Waals surface area contributed by atoms with Crippen molar-refractivity contribution in [2.75, 3.05) is 0 Å². The van der Waals surface area contributed by atoms with Gasteiger partial charge in [0.15, 0.2) is 5.78 Å². The second-order valence-electron chi connectivity index (χ2n) is 5.52. The van der Waals surface area contributed by atoms with Crippen molar-refractivity contribution in [1.82, 2.24) is 4.31 Å². The highest BCUT2D eigenvalue weighted by molar-refractivity contribution is 7.89. The zero-order valence-corrected chi connectivity index (χ0v) is 16.0. The molecule has 1 aromatic carbocycles. The molecule has 2 aromatic heterocycles. The standard InChI is InChI=1S/C18H17NO3S3/c1-14(20)15-5-2-8-18(11-15)25(21,22)19(12-16-6-3-9-23-16)13-17-7-4-10-24-17/h2-11H,12-13H2,1H3. The summed E-state index contributed by atoms with van der Waals surface area (Å²) in [5.41, 5.74) is 0.397. The molecule has 0 radical (unpaired) electrons.